The van der Waals surface area contributed by atoms with Gasteiger partial charge in [-0.25, -0.2) is 13.1 Å². The minimum absolute atomic E-state index is 0.0578. The monoisotopic (exact) mass is 507 g/mol. The summed E-state index contributed by atoms with van der Waals surface area (Å²) in [6.07, 6.45) is 0.185. The van der Waals surface area contributed by atoms with E-state index >= 15 is 0 Å². The fourth-order valence-corrected chi connectivity index (χ4v) is 4.92. The van der Waals surface area contributed by atoms with Gasteiger partial charge in [-0.2, -0.15) is 5.10 Å². The lowest BCUT2D eigenvalue weighted by Gasteiger charge is -2.24. The number of amides is 1. The molecule has 6 nitrogen and oxygen atoms in total. The summed E-state index contributed by atoms with van der Waals surface area (Å²) in [6, 6.07) is 19.6. The first kappa shape index (κ1) is 22.6. The van der Waals surface area contributed by atoms with Gasteiger partial charge in [0.2, 0.25) is 0 Å². The third kappa shape index (κ3) is 4.76. The first-order valence-corrected chi connectivity index (χ1v) is 12.1. The smallest absolute Gasteiger partial charge is 0.267 e. The molecule has 0 fully saturated rings. The lowest BCUT2D eigenvalue weighted by molar-refractivity contribution is -0.113. The van der Waals surface area contributed by atoms with Crippen LogP contribution < -0.4 is 9.73 Å². The number of hydrazone groups is 1. The number of rotatable bonds is 5. The Morgan fingerprint density at radius 1 is 0.938 bits per heavy atom. The molecule has 0 spiro atoms. The number of nitrogens with zero attached hydrogens (tertiary/aromatic N) is 2. The maximum Gasteiger partial charge on any atom is 0.281 e. The average Bonchev–Trinajstić information content (AvgIpc) is 3.20. The molecule has 164 valence electrons. The Morgan fingerprint density at radius 3 is 2.25 bits per heavy atom. The highest BCUT2D eigenvalue weighted by Crippen LogP contribution is 2.39. The van der Waals surface area contributed by atoms with Gasteiger partial charge in [0.1, 0.15) is 5.71 Å². The van der Waals surface area contributed by atoms with E-state index in [2.05, 4.69) is 9.82 Å². The van der Waals surface area contributed by atoms with Crippen LogP contribution in [0.1, 0.15) is 18.0 Å². The molecule has 0 radical (unpaired) electrons. The number of carbonyl (C=O) groups excluding carboxylic acids is 1. The number of nitrogens with one attached hydrogen (secondary N) is 1. The van der Waals surface area contributed by atoms with Crippen molar-refractivity contribution in [2.24, 2.45) is 5.10 Å². The van der Waals surface area contributed by atoms with Crippen molar-refractivity contribution in [2.45, 2.75) is 17.4 Å². The zero-order valence-electron chi connectivity index (χ0n) is 16.4. The molecule has 1 unspecified atom stereocenters. The van der Waals surface area contributed by atoms with Crippen molar-refractivity contribution in [1.29, 1.82) is 0 Å². The molecule has 3 aromatic rings. The van der Waals surface area contributed by atoms with E-state index in [1.807, 2.05) is 30.3 Å². The topological polar surface area (TPSA) is 78.8 Å². The van der Waals surface area contributed by atoms with Gasteiger partial charge in [-0.1, -0.05) is 65.1 Å². The molecule has 0 bridgehead atoms. The molecule has 0 aliphatic carbocycles. The quantitative estimate of drug-likeness (QED) is 0.496. The van der Waals surface area contributed by atoms with Crippen LogP contribution in [0.25, 0.3) is 0 Å². The molecule has 1 aliphatic heterocycles. The summed E-state index contributed by atoms with van der Waals surface area (Å²) in [5, 5.41) is 7.24. The van der Waals surface area contributed by atoms with Gasteiger partial charge in [-0.15, -0.1) is 0 Å². The van der Waals surface area contributed by atoms with Crippen LogP contribution in [0.15, 0.2) is 82.8 Å². The molecule has 1 heterocycles. The summed E-state index contributed by atoms with van der Waals surface area (Å²) in [5.74, 6) is -0.812. The zero-order chi connectivity index (χ0) is 22.9. The van der Waals surface area contributed by atoms with E-state index < -0.39 is 15.9 Å². The van der Waals surface area contributed by atoms with Crippen LogP contribution in [0, 0.1) is 0 Å². The minimum atomic E-state index is -4.09. The molecule has 0 aromatic heterocycles. The zero-order valence-corrected chi connectivity index (χ0v) is 19.5. The van der Waals surface area contributed by atoms with E-state index in [1.165, 1.54) is 24.3 Å². The molecule has 0 saturated carbocycles. The van der Waals surface area contributed by atoms with Crippen molar-refractivity contribution in [3.05, 3.63) is 93.4 Å². The molecule has 4 rings (SSSR count). The first-order chi connectivity index (χ1) is 15.2. The van der Waals surface area contributed by atoms with Crippen molar-refractivity contribution in [1.82, 2.24) is 4.72 Å². The van der Waals surface area contributed by atoms with Gasteiger partial charge in [0.25, 0.3) is 15.9 Å². The number of halogens is 3. The molecule has 1 amide bonds. The molecule has 10 heteroatoms. The normalized spacial score (nSPS) is 16.0. The van der Waals surface area contributed by atoms with Crippen molar-refractivity contribution < 1.29 is 13.2 Å². The molecule has 1 atom stereocenters. The Labute approximate surface area is 200 Å². The average molecular weight is 509 g/mol. The molecular formula is C22H16Cl3N3O3S. The van der Waals surface area contributed by atoms with E-state index in [4.69, 9.17) is 34.8 Å². The highest BCUT2D eigenvalue weighted by molar-refractivity contribution is 7.90. The van der Waals surface area contributed by atoms with E-state index in [-0.39, 0.29) is 23.1 Å². The number of anilines is 1. The largest absolute Gasteiger partial charge is 0.281 e. The number of hydrogen-bond donors (Lipinski definition) is 1. The van der Waals surface area contributed by atoms with E-state index in [9.17, 15) is 13.2 Å². The summed E-state index contributed by atoms with van der Waals surface area (Å²) in [5.41, 5.74) is 1.50. The summed E-state index contributed by atoms with van der Waals surface area (Å²) < 4.78 is 27.3. The maximum absolute atomic E-state index is 12.9. The van der Waals surface area contributed by atoms with Gasteiger partial charge in [0.15, 0.2) is 0 Å². The predicted molar refractivity (Wildman–Crippen MR) is 127 cm³/mol. The molecule has 1 N–H and O–H groups in total. The van der Waals surface area contributed by atoms with Crippen LogP contribution in [0.5, 0.6) is 0 Å². The molecule has 0 saturated heterocycles. The van der Waals surface area contributed by atoms with Crippen LogP contribution in [-0.2, 0) is 14.8 Å². The van der Waals surface area contributed by atoms with Gasteiger partial charge < -0.3 is 0 Å². The van der Waals surface area contributed by atoms with Crippen molar-refractivity contribution in [2.75, 3.05) is 5.01 Å². The predicted octanol–water partition coefficient (Wildman–Crippen LogP) is 5.46. The second-order valence-electron chi connectivity index (χ2n) is 7.01. The minimum Gasteiger partial charge on any atom is -0.267 e. The molecule has 1 aliphatic rings. The van der Waals surface area contributed by atoms with Crippen LogP contribution in [-0.4, -0.2) is 20.0 Å². The van der Waals surface area contributed by atoms with Crippen LogP contribution >= 0.6 is 34.8 Å². The third-order valence-corrected chi connectivity index (χ3v) is 7.00. The number of benzene rings is 3. The fourth-order valence-electron chi connectivity index (χ4n) is 3.32. The third-order valence-electron chi connectivity index (χ3n) is 4.86. The van der Waals surface area contributed by atoms with Gasteiger partial charge in [0.05, 0.1) is 21.6 Å². The summed E-state index contributed by atoms with van der Waals surface area (Å²) in [6.45, 7) is 0. The van der Waals surface area contributed by atoms with Gasteiger partial charge in [-0.05, 0) is 48.0 Å². The lowest BCUT2D eigenvalue weighted by Crippen LogP contribution is -2.35. The number of carbonyl (C=O) groups is 1. The Kier molecular flexibility index (Phi) is 6.44. The Balaban J connectivity index is 1.66. The maximum atomic E-state index is 12.9. The van der Waals surface area contributed by atoms with Crippen molar-refractivity contribution in [3.8, 4) is 0 Å². The van der Waals surface area contributed by atoms with Crippen LogP contribution in [0.3, 0.4) is 0 Å². The van der Waals surface area contributed by atoms with Crippen molar-refractivity contribution >= 4 is 62.1 Å². The Hall–Kier alpha value is -2.58. The molecular weight excluding hydrogens is 493 g/mol. The van der Waals surface area contributed by atoms with Crippen LogP contribution in [0.4, 0.5) is 5.69 Å². The highest BCUT2D eigenvalue weighted by atomic mass is 35.5. The van der Waals surface area contributed by atoms with E-state index in [0.717, 1.165) is 5.56 Å². The van der Waals surface area contributed by atoms with E-state index in [1.54, 1.807) is 23.2 Å². The van der Waals surface area contributed by atoms with Gasteiger partial charge >= 0.3 is 0 Å². The van der Waals surface area contributed by atoms with Gasteiger partial charge in [0, 0.05) is 16.5 Å². The second kappa shape index (κ2) is 9.11. The second-order valence-corrected chi connectivity index (χ2v) is 9.97. The Morgan fingerprint density at radius 2 is 1.59 bits per heavy atom. The summed E-state index contributed by atoms with van der Waals surface area (Å²) in [7, 11) is -4.09. The number of sulfonamides is 1. The Bertz CT molecular complexity index is 1300. The van der Waals surface area contributed by atoms with E-state index in [0.29, 0.717) is 20.8 Å². The lowest BCUT2D eigenvalue weighted by atomic mass is 10.0. The van der Waals surface area contributed by atoms with Gasteiger partial charge in [-0.3, -0.25) is 9.80 Å². The first-order valence-electron chi connectivity index (χ1n) is 9.44. The highest BCUT2D eigenvalue weighted by Gasteiger charge is 2.34. The molecule has 3 aromatic carbocycles. The summed E-state index contributed by atoms with van der Waals surface area (Å²) >= 11 is 18.2. The molecule has 32 heavy (non-hydrogen) atoms. The van der Waals surface area contributed by atoms with Crippen molar-refractivity contribution in [3.63, 3.8) is 0 Å². The standard InChI is InChI=1S/C22H16Cl3N3O3S/c23-15-6-9-17(10-7-15)32(30,31)27-22(29)19-13-21(14-4-2-1-3-5-14)28(26-19)20-11-8-16(24)12-18(20)25/h1-12,21H,13H2,(H,27,29). The SMILES string of the molecule is O=C(NS(=O)(=O)c1ccc(Cl)cc1)C1=NN(c2ccc(Cl)cc2Cl)C(c2ccccc2)C1. The number of hydrogen-bond acceptors (Lipinski definition) is 5. The summed E-state index contributed by atoms with van der Waals surface area (Å²) in [4.78, 5) is 12.8. The van der Waals surface area contributed by atoms with Crippen LogP contribution in [0.2, 0.25) is 15.1 Å². The fraction of sp³-hybridized carbons (Fsp3) is 0.0909.